The molecule has 92 valence electrons. The van der Waals surface area contributed by atoms with Gasteiger partial charge in [-0.15, -0.1) is 0 Å². The molecule has 1 heterocycles. The van der Waals surface area contributed by atoms with Crippen LogP contribution in [-0.2, 0) is 6.42 Å². The van der Waals surface area contributed by atoms with Crippen LogP contribution in [0.15, 0.2) is 18.2 Å². The second-order valence-electron chi connectivity index (χ2n) is 4.93. The van der Waals surface area contributed by atoms with Crippen LogP contribution in [0.3, 0.4) is 0 Å². The zero-order valence-corrected chi connectivity index (χ0v) is 10.7. The number of rotatable bonds is 4. The van der Waals surface area contributed by atoms with Crippen molar-refractivity contribution in [1.29, 1.82) is 0 Å². The monoisotopic (exact) mass is 233 g/mol. The molecule has 0 bridgehead atoms. The first kappa shape index (κ1) is 12.1. The largest absolute Gasteiger partial charge is 0.490 e. The van der Waals surface area contributed by atoms with Gasteiger partial charge in [-0.25, -0.2) is 0 Å². The van der Waals surface area contributed by atoms with Crippen molar-refractivity contribution in [3.05, 3.63) is 29.3 Å². The van der Waals surface area contributed by atoms with Crippen molar-refractivity contribution in [2.45, 2.75) is 25.9 Å². The second kappa shape index (κ2) is 4.88. The van der Waals surface area contributed by atoms with Gasteiger partial charge in [0.15, 0.2) is 5.78 Å². The van der Waals surface area contributed by atoms with Gasteiger partial charge in [-0.2, -0.15) is 0 Å². The Kier molecular flexibility index (Phi) is 3.48. The number of benzene rings is 1. The molecule has 1 aromatic carbocycles. The zero-order valence-electron chi connectivity index (χ0n) is 10.7. The van der Waals surface area contributed by atoms with E-state index in [4.69, 9.17) is 4.74 Å². The van der Waals surface area contributed by atoms with E-state index in [1.54, 1.807) is 0 Å². The SMILES string of the molecule is C[C@@H]1Cc2cc(C(=O)CCN(C)C)ccc2O1. The third-order valence-electron chi connectivity index (χ3n) is 3.00. The fourth-order valence-electron chi connectivity index (χ4n) is 2.06. The molecule has 0 radical (unpaired) electrons. The van der Waals surface area contributed by atoms with Crippen LogP contribution in [0.2, 0.25) is 0 Å². The fraction of sp³-hybridized carbons (Fsp3) is 0.500. The Morgan fingerprint density at radius 2 is 2.24 bits per heavy atom. The minimum absolute atomic E-state index is 0.209. The van der Waals surface area contributed by atoms with Crippen LogP contribution in [0.4, 0.5) is 0 Å². The van der Waals surface area contributed by atoms with Crippen molar-refractivity contribution in [2.75, 3.05) is 20.6 Å². The summed E-state index contributed by atoms with van der Waals surface area (Å²) < 4.78 is 5.62. The molecule has 0 saturated heterocycles. The van der Waals surface area contributed by atoms with Gasteiger partial charge in [-0.3, -0.25) is 4.79 Å². The molecule has 1 aromatic rings. The van der Waals surface area contributed by atoms with Gasteiger partial charge in [-0.1, -0.05) is 0 Å². The van der Waals surface area contributed by atoms with Gasteiger partial charge in [0.2, 0.25) is 0 Å². The van der Waals surface area contributed by atoms with E-state index in [1.807, 2.05) is 44.1 Å². The Hall–Kier alpha value is -1.35. The Morgan fingerprint density at radius 1 is 1.47 bits per heavy atom. The first-order chi connectivity index (χ1) is 8.06. The van der Waals surface area contributed by atoms with Crippen LogP contribution in [-0.4, -0.2) is 37.4 Å². The molecule has 0 amide bonds. The molecule has 0 fully saturated rings. The number of hydrogen-bond acceptors (Lipinski definition) is 3. The summed E-state index contributed by atoms with van der Waals surface area (Å²) in [5.74, 6) is 1.14. The van der Waals surface area contributed by atoms with E-state index in [9.17, 15) is 4.79 Å². The quantitative estimate of drug-likeness (QED) is 0.746. The molecule has 0 aromatic heterocycles. The molecule has 0 aliphatic carbocycles. The molecular formula is C14H19NO2. The van der Waals surface area contributed by atoms with E-state index in [2.05, 4.69) is 0 Å². The van der Waals surface area contributed by atoms with Crippen LogP contribution in [0.25, 0.3) is 0 Å². The molecule has 17 heavy (non-hydrogen) atoms. The maximum Gasteiger partial charge on any atom is 0.164 e. The Labute approximate surface area is 102 Å². The molecule has 3 nitrogen and oxygen atoms in total. The lowest BCUT2D eigenvalue weighted by Gasteiger charge is -2.08. The Morgan fingerprint density at radius 3 is 2.94 bits per heavy atom. The van der Waals surface area contributed by atoms with Crippen molar-refractivity contribution in [3.8, 4) is 5.75 Å². The number of ether oxygens (including phenoxy) is 1. The lowest BCUT2D eigenvalue weighted by molar-refractivity contribution is 0.0972. The van der Waals surface area contributed by atoms with E-state index in [0.717, 1.165) is 29.8 Å². The normalized spacial score (nSPS) is 18.0. The van der Waals surface area contributed by atoms with Crippen molar-refractivity contribution in [3.63, 3.8) is 0 Å². The van der Waals surface area contributed by atoms with E-state index >= 15 is 0 Å². The van der Waals surface area contributed by atoms with Gasteiger partial charge < -0.3 is 9.64 Å². The Bertz CT molecular complexity index is 426. The number of nitrogens with zero attached hydrogens (tertiary/aromatic N) is 1. The van der Waals surface area contributed by atoms with E-state index < -0.39 is 0 Å². The molecular weight excluding hydrogens is 214 g/mol. The van der Waals surface area contributed by atoms with Crippen molar-refractivity contribution >= 4 is 5.78 Å². The predicted molar refractivity (Wildman–Crippen MR) is 67.7 cm³/mol. The number of hydrogen-bond donors (Lipinski definition) is 0. The summed E-state index contributed by atoms with van der Waals surface area (Å²) in [6.45, 7) is 2.84. The summed E-state index contributed by atoms with van der Waals surface area (Å²) in [6.07, 6.45) is 1.71. The molecule has 1 aliphatic heterocycles. The van der Waals surface area contributed by atoms with Crippen LogP contribution in [0, 0.1) is 0 Å². The van der Waals surface area contributed by atoms with Gasteiger partial charge in [-0.05, 0) is 44.8 Å². The minimum atomic E-state index is 0.209. The number of carbonyl (C=O) groups excluding carboxylic acids is 1. The molecule has 1 aliphatic rings. The maximum absolute atomic E-state index is 12.0. The number of ketones is 1. The highest BCUT2D eigenvalue weighted by molar-refractivity contribution is 5.96. The third kappa shape index (κ3) is 2.86. The average molecular weight is 233 g/mol. The number of fused-ring (bicyclic) bond motifs is 1. The van der Waals surface area contributed by atoms with Gasteiger partial charge >= 0.3 is 0 Å². The van der Waals surface area contributed by atoms with E-state index in [-0.39, 0.29) is 11.9 Å². The van der Waals surface area contributed by atoms with Gasteiger partial charge in [0.05, 0.1) is 0 Å². The van der Waals surface area contributed by atoms with Crippen molar-refractivity contribution in [2.24, 2.45) is 0 Å². The molecule has 0 unspecified atom stereocenters. The second-order valence-corrected chi connectivity index (χ2v) is 4.93. The standard InChI is InChI=1S/C14H19NO2/c1-10-8-12-9-11(4-5-14(12)17-10)13(16)6-7-15(2)3/h4-5,9-10H,6-8H2,1-3H3/t10-/m1/s1. The molecule has 3 heteroatoms. The van der Waals surface area contributed by atoms with Crippen LogP contribution < -0.4 is 4.74 Å². The molecule has 1 atom stereocenters. The van der Waals surface area contributed by atoms with E-state index in [0.29, 0.717) is 6.42 Å². The smallest absolute Gasteiger partial charge is 0.164 e. The summed E-state index contributed by atoms with van der Waals surface area (Å²) in [7, 11) is 3.96. The molecule has 0 spiro atoms. The summed E-state index contributed by atoms with van der Waals surface area (Å²) in [6, 6.07) is 5.77. The average Bonchev–Trinajstić information content (AvgIpc) is 2.64. The lowest BCUT2D eigenvalue weighted by Crippen LogP contribution is -2.16. The molecule has 0 N–H and O–H groups in total. The first-order valence-corrected chi connectivity index (χ1v) is 6.04. The number of Topliss-reactive ketones (excluding diaryl/α,β-unsaturated/α-hetero) is 1. The van der Waals surface area contributed by atoms with Gasteiger partial charge in [0.1, 0.15) is 11.9 Å². The topological polar surface area (TPSA) is 29.5 Å². The number of carbonyl (C=O) groups is 1. The minimum Gasteiger partial charge on any atom is -0.490 e. The first-order valence-electron chi connectivity index (χ1n) is 6.04. The van der Waals surface area contributed by atoms with Gasteiger partial charge in [0.25, 0.3) is 0 Å². The summed E-state index contributed by atoms with van der Waals surface area (Å²) >= 11 is 0. The molecule has 2 rings (SSSR count). The Balaban J connectivity index is 2.08. The van der Waals surface area contributed by atoms with Crippen LogP contribution in [0.1, 0.15) is 29.3 Å². The predicted octanol–water partition coefficient (Wildman–Crippen LogP) is 2.14. The highest BCUT2D eigenvalue weighted by Gasteiger charge is 2.20. The van der Waals surface area contributed by atoms with Crippen LogP contribution >= 0.6 is 0 Å². The molecule has 0 saturated carbocycles. The van der Waals surface area contributed by atoms with Gasteiger partial charge in [0, 0.05) is 24.9 Å². The highest BCUT2D eigenvalue weighted by Crippen LogP contribution is 2.29. The summed E-state index contributed by atoms with van der Waals surface area (Å²) in [5.41, 5.74) is 1.97. The zero-order chi connectivity index (χ0) is 12.4. The van der Waals surface area contributed by atoms with Crippen molar-refractivity contribution < 1.29 is 9.53 Å². The van der Waals surface area contributed by atoms with E-state index in [1.165, 1.54) is 0 Å². The van der Waals surface area contributed by atoms with Crippen molar-refractivity contribution in [1.82, 2.24) is 4.90 Å². The van der Waals surface area contributed by atoms with Crippen LogP contribution in [0.5, 0.6) is 5.75 Å². The lowest BCUT2D eigenvalue weighted by atomic mass is 10.0. The maximum atomic E-state index is 12.0. The summed E-state index contributed by atoms with van der Waals surface area (Å²) in [4.78, 5) is 14.0. The highest BCUT2D eigenvalue weighted by atomic mass is 16.5. The fourth-order valence-corrected chi connectivity index (χ4v) is 2.06. The summed E-state index contributed by atoms with van der Waals surface area (Å²) in [5, 5.41) is 0. The third-order valence-corrected chi connectivity index (χ3v) is 3.00.